The van der Waals surface area contributed by atoms with Gasteiger partial charge in [0.15, 0.2) is 0 Å². The third-order valence-corrected chi connectivity index (χ3v) is 5.90. The van der Waals surface area contributed by atoms with Gasteiger partial charge >= 0.3 is 0 Å². The van der Waals surface area contributed by atoms with Crippen LogP contribution >= 0.6 is 0 Å². The largest absolute Gasteiger partial charge is 0.307 e. The van der Waals surface area contributed by atoms with Crippen LogP contribution in [0.15, 0.2) is 0 Å². The van der Waals surface area contributed by atoms with E-state index in [9.17, 15) is 5.26 Å². The fourth-order valence-electron chi connectivity index (χ4n) is 3.00. The average molecular weight is 224 g/mol. The highest BCUT2D eigenvalue weighted by molar-refractivity contribution is 6.73. The van der Waals surface area contributed by atoms with E-state index >= 15 is 0 Å². The molecule has 0 aromatic carbocycles. The molecule has 0 spiro atoms. The molecule has 1 aliphatic carbocycles. The summed E-state index contributed by atoms with van der Waals surface area (Å²) >= 11 is 0. The lowest BCUT2D eigenvalue weighted by Gasteiger charge is -2.47. The van der Waals surface area contributed by atoms with Crippen LogP contribution in [0, 0.1) is 11.3 Å². The van der Waals surface area contributed by atoms with Crippen LogP contribution < -0.4 is 0 Å². The Balaban J connectivity index is 2.92. The van der Waals surface area contributed by atoms with Crippen LogP contribution in [0.4, 0.5) is 0 Å². The van der Waals surface area contributed by atoms with E-state index in [0.29, 0.717) is 0 Å². The van der Waals surface area contributed by atoms with Crippen LogP contribution in [0.3, 0.4) is 0 Å². The van der Waals surface area contributed by atoms with E-state index < -0.39 is 8.24 Å². The van der Waals surface area contributed by atoms with E-state index in [-0.39, 0.29) is 5.54 Å². The van der Waals surface area contributed by atoms with E-state index in [1.807, 2.05) is 0 Å². The molecule has 1 rings (SSSR count). The molecular formula is C12H24N2Si. The quantitative estimate of drug-likeness (QED) is 0.687. The Morgan fingerprint density at radius 1 is 1.20 bits per heavy atom. The standard InChI is InChI=1S/C12H24N2Si/c1-5-14(15(2,3)4)12(11-13)9-7-6-8-10-12/h5-10H2,1-4H3. The van der Waals surface area contributed by atoms with Crippen molar-refractivity contribution in [2.24, 2.45) is 0 Å². The zero-order valence-corrected chi connectivity index (χ0v) is 11.6. The van der Waals surface area contributed by atoms with Gasteiger partial charge in [0.1, 0.15) is 13.8 Å². The van der Waals surface area contributed by atoms with Gasteiger partial charge in [-0.2, -0.15) is 5.26 Å². The third-order valence-electron chi connectivity index (χ3n) is 3.53. The van der Waals surface area contributed by atoms with E-state index in [1.54, 1.807) is 0 Å². The predicted octanol–water partition coefficient (Wildman–Crippen LogP) is 3.37. The molecule has 2 nitrogen and oxygen atoms in total. The number of rotatable bonds is 3. The van der Waals surface area contributed by atoms with Gasteiger partial charge in [-0.25, -0.2) is 0 Å². The first-order valence-electron chi connectivity index (χ1n) is 6.15. The van der Waals surface area contributed by atoms with Gasteiger partial charge in [0.05, 0.1) is 6.07 Å². The van der Waals surface area contributed by atoms with E-state index in [4.69, 9.17) is 0 Å². The Morgan fingerprint density at radius 3 is 2.07 bits per heavy atom. The van der Waals surface area contributed by atoms with E-state index in [1.165, 1.54) is 19.3 Å². The molecule has 3 heteroatoms. The molecular weight excluding hydrogens is 200 g/mol. The van der Waals surface area contributed by atoms with Crippen LogP contribution in [0.2, 0.25) is 19.6 Å². The molecule has 0 N–H and O–H groups in total. The van der Waals surface area contributed by atoms with Crippen LogP contribution in [-0.4, -0.2) is 24.9 Å². The smallest absolute Gasteiger partial charge is 0.120 e. The summed E-state index contributed by atoms with van der Waals surface area (Å²) in [5.41, 5.74) is -0.128. The molecule has 0 saturated heterocycles. The maximum atomic E-state index is 9.54. The highest BCUT2D eigenvalue weighted by Gasteiger charge is 2.42. The van der Waals surface area contributed by atoms with Crippen molar-refractivity contribution in [2.75, 3.05) is 6.54 Å². The minimum absolute atomic E-state index is 0.128. The zero-order valence-electron chi connectivity index (χ0n) is 10.6. The molecule has 1 saturated carbocycles. The second kappa shape index (κ2) is 4.67. The fourth-order valence-corrected chi connectivity index (χ4v) is 5.50. The van der Waals surface area contributed by atoms with Gasteiger partial charge in [-0.3, -0.25) is 0 Å². The molecule has 1 fully saturated rings. The van der Waals surface area contributed by atoms with Crippen LogP contribution in [-0.2, 0) is 0 Å². The summed E-state index contributed by atoms with van der Waals surface area (Å²) < 4.78 is 2.53. The molecule has 0 atom stereocenters. The molecule has 0 amide bonds. The highest BCUT2D eigenvalue weighted by atomic mass is 28.3. The summed E-state index contributed by atoms with van der Waals surface area (Å²) in [5, 5.41) is 9.54. The summed E-state index contributed by atoms with van der Waals surface area (Å²) in [6.07, 6.45) is 5.94. The van der Waals surface area contributed by atoms with Gasteiger partial charge < -0.3 is 4.57 Å². The summed E-state index contributed by atoms with van der Waals surface area (Å²) in [4.78, 5) is 0. The number of hydrogen-bond acceptors (Lipinski definition) is 2. The SMILES string of the molecule is CCN(C1(C#N)CCCCC1)[Si](C)(C)C. The van der Waals surface area contributed by atoms with Crippen molar-refractivity contribution in [3.8, 4) is 6.07 Å². The molecule has 0 heterocycles. The highest BCUT2D eigenvalue weighted by Crippen LogP contribution is 2.36. The predicted molar refractivity (Wildman–Crippen MR) is 67.2 cm³/mol. The third kappa shape index (κ3) is 2.62. The molecule has 15 heavy (non-hydrogen) atoms. The van der Waals surface area contributed by atoms with Crippen molar-refractivity contribution in [1.82, 2.24) is 4.57 Å². The average Bonchev–Trinajstić information content (AvgIpc) is 2.18. The van der Waals surface area contributed by atoms with Gasteiger partial charge in [0, 0.05) is 0 Å². The molecule has 0 aliphatic heterocycles. The van der Waals surface area contributed by atoms with Crippen molar-refractivity contribution in [2.45, 2.75) is 64.2 Å². The van der Waals surface area contributed by atoms with E-state index in [0.717, 1.165) is 19.4 Å². The monoisotopic (exact) mass is 224 g/mol. The van der Waals surface area contributed by atoms with Crippen LogP contribution in [0.5, 0.6) is 0 Å². The van der Waals surface area contributed by atoms with Crippen LogP contribution in [0.25, 0.3) is 0 Å². The zero-order chi connectivity index (χ0) is 11.5. The van der Waals surface area contributed by atoms with Crippen molar-refractivity contribution in [3.05, 3.63) is 0 Å². The lowest BCUT2D eigenvalue weighted by atomic mass is 9.83. The Hall–Kier alpha value is -0.333. The van der Waals surface area contributed by atoms with Gasteiger partial charge in [0.2, 0.25) is 0 Å². The number of hydrogen-bond donors (Lipinski definition) is 0. The van der Waals surface area contributed by atoms with Crippen molar-refractivity contribution >= 4 is 8.24 Å². The lowest BCUT2D eigenvalue weighted by Crippen LogP contribution is -2.59. The molecule has 1 aliphatic rings. The fraction of sp³-hybridized carbons (Fsp3) is 0.917. The summed E-state index contributed by atoms with van der Waals surface area (Å²) in [6.45, 7) is 10.3. The Bertz CT molecular complexity index is 243. The first-order chi connectivity index (χ1) is 6.96. The minimum atomic E-state index is -1.36. The first-order valence-corrected chi connectivity index (χ1v) is 9.60. The Kier molecular flexibility index (Phi) is 3.97. The Labute approximate surface area is 95.4 Å². The number of nitriles is 1. The van der Waals surface area contributed by atoms with Crippen molar-refractivity contribution in [1.29, 1.82) is 5.26 Å². The molecule has 0 unspecified atom stereocenters. The van der Waals surface area contributed by atoms with Gasteiger partial charge in [0.25, 0.3) is 0 Å². The first kappa shape index (κ1) is 12.7. The molecule has 86 valence electrons. The summed E-state index contributed by atoms with van der Waals surface area (Å²) in [6, 6.07) is 2.64. The normalized spacial score (nSPS) is 21.3. The second-order valence-electron chi connectivity index (χ2n) is 5.62. The molecule has 0 aromatic heterocycles. The van der Waals surface area contributed by atoms with Crippen LogP contribution in [0.1, 0.15) is 39.0 Å². The van der Waals surface area contributed by atoms with Gasteiger partial charge in [-0.15, -0.1) is 0 Å². The maximum absolute atomic E-state index is 9.54. The van der Waals surface area contributed by atoms with Crippen molar-refractivity contribution in [3.63, 3.8) is 0 Å². The van der Waals surface area contributed by atoms with Crippen molar-refractivity contribution < 1.29 is 0 Å². The van der Waals surface area contributed by atoms with Gasteiger partial charge in [-0.1, -0.05) is 45.8 Å². The molecule has 0 aromatic rings. The molecule has 0 bridgehead atoms. The summed E-state index contributed by atoms with van der Waals surface area (Å²) in [7, 11) is -1.36. The molecule has 0 radical (unpaired) electrons. The summed E-state index contributed by atoms with van der Waals surface area (Å²) in [5.74, 6) is 0. The maximum Gasteiger partial charge on any atom is 0.120 e. The second-order valence-corrected chi connectivity index (χ2v) is 10.5. The van der Waals surface area contributed by atoms with E-state index in [2.05, 4.69) is 37.2 Å². The topological polar surface area (TPSA) is 27.0 Å². The van der Waals surface area contributed by atoms with Gasteiger partial charge in [-0.05, 0) is 19.4 Å². The lowest BCUT2D eigenvalue weighted by molar-refractivity contribution is 0.183. The number of nitrogens with zero attached hydrogens (tertiary/aromatic N) is 2. The Morgan fingerprint density at radius 2 is 1.73 bits per heavy atom. The minimum Gasteiger partial charge on any atom is -0.307 e.